The fraction of sp³-hybridized carbons (Fsp3) is 0.471. The molecule has 0 aromatic rings. The van der Waals surface area contributed by atoms with Gasteiger partial charge in [-0.1, -0.05) is 43.4 Å². The van der Waals surface area contributed by atoms with Gasteiger partial charge < -0.3 is 4.74 Å². The summed E-state index contributed by atoms with van der Waals surface area (Å²) in [5, 5.41) is 0. The summed E-state index contributed by atoms with van der Waals surface area (Å²) in [4.78, 5) is 10.9. The minimum atomic E-state index is -0.371. The first kappa shape index (κ1) is 13.7. The van der Waals surface area contributed by atoms with Gasteiger partial charge in [0, 0.05) is 17.6 Å². The van der Waals surface area contributed by atoms with Gasteiger partial charge in [0.25, 0.3) is 0 Å². The van der Waals surface area contributed by atoms with Crippen LogP contribution in [0.1, 0.15) is 27.2 Å². The van der Waals surface area contributed by atoms with E-state index in [-0.39, 0.29) is 11.4 Å². The lowest BCUT2D eigenvalue weighted by Crippen LogP contribution is -2.30. The predicted molar refractivity (Wildman–Crippen MR) is 76.2 cm³/mol. The van der Waals surface area contributed by atoms with E-state index in [4.69, 9.17) is 0 Å². The highest BCUT2D eigenvalue weighted by atomic mass is 16.5. The summed E-state index contributed by atoms with van der Waals surface area (Å²) < 4.78 is 4.52. The number of hydrogen-bond donors (Lipinski definition) is 0. The van der Waals surface area contributed by atoms with E-state index in [0.717, 1.165) is 6.42 Å². The van der Waals surface area contributed by atoms with E-state index < -0.39 is 0 Å². The molecule has 2 rings (SSSR count). The molecule has 0 fully saturated rings. The van der Waals surface area contributed by atoms with Crippen LogP contribution in [0, 0.1) is 29.1 Å². The van der Waals surface area contributed by atoms with E-state index in [1.165, 1.54) is 24.3 Å². The SMILES string of the molecule is COC(=O)/C=C/C#CC1=C[C@@H]2CC=C(C)[C@H]1C2(C)C. The quantitative estimate of drug-likeness (QED) is 0.311. The molecule has 2 atom stereocenters. The van der Waals surface area contributed by atoms with Crippen LogP contribution in [0.4, 0.5) is 0 Å². The molecule has 0 unspecified atom stereocenters. The standard InChI is InChI=1S/C17H20O2/c1-12-9-10-14-11-13(16(12)17(14,2)3)7-5-6-8-15(18)19-4/h6,8-9,11,14,16H,10H2,1-4H3/b8-6+/t14-,16+/m0/s1. The van der Waals surface area contributed by atoms with Crippen molar-refractivity contribution in [3.8, 4) is 11.8 Å². The summed E-state index contributed by atoms with van der Waals surface area (Å²) in [7, 11) is 1.36. The molecule has 0 spiro atoms. The molecule has 0 N–H and O–H groups in total. The number of methoxy groups -OCH3 is 1. The van der Waals surface area contributed by atoms with Crippen LogP contribution < -0.4 is 0 Å². The highest BCUT2D eigenvalue weighted by Crippen LogP contribution is 2.54. The molecule has 100 valence electrons. The normalized spacial score (nSPS) is 27.4. The second-order valence-corrected chi connectivity index (χ2v) is 5.79. The molecular formula is C17H20O2. The van der Waals surface area contributed by atoms with Crippen LogP contribution in [0.25, 0.3) is 0 Å². The van der Waals surface area contributed by atoms with Gasteiger partial charge in [-0.15, -0.1) is 0 Å². The van der Waals surface area contributed by atoms with Gasteiger partial charge in [-0.25, -0.2) is 4.79 Å². The Hall–Kier alpha value is -1.75. The molecule has 0 amide bonds. The fourth-order valence-corrected chi connectivity index (χ4v) is 3.19. The maximum absolute atomic E-state index is 10.9. The monoisotopic (exact) mass is 256 g/mol. The maximum Gasteiger partial charge on any atom is 0.331 e. The van der Waals surface area contributed by atoms with Gasteiger partial charge in [0.1, 0.15) is 0 Å². The minimum Gasteiger partial charge on any atom is -0.466 e. The first-order valence-corrected chi connectivity index (χ1v) is 6.61. The number of allylic oxidation sites excluding steroid dienone is 5. The Kier molecular flexibility index (Phi) is 3.66. The lowest BCUT2D eigenvalue weighted by molar-refractivity contribution is -0.134. The van der Waals surface area contributed by atoms with Crippen molar-refractivity contribution in [3.05, 3.63) is 35.5 Å². The molecule has 0 aromatic heterocycles. The summed E-state index contributed by atoms with van der Waals surface area (Å²) in [5.74, 6) is 6.76. The highest BCUT2D eigenvalue weighted by Gasteiger charge is 2.45. The molecule has 2 bridgehead atoms. The van der Waals surface area contributed by atoms with Crippen molar-refractivity contribution in [1.82, 2.24) is 0 Å². The molecule has 0 aromatic carbocycles. The van der Waals surface area contributed by atoms with E-state index in [0.29, 0.717) is 11.8 Å². The van der Waals surface area contributed by atoms with E-state index in [9.17, 15) is 4.79 Å². The van der Waals surface area contributed by atoms with Crippen molar-refractivity contribution in [2.75, 3.05) is 7.11 Å². The van der Waals surface area contributed by atoms with Crippen molar-refractivity contribution in [2.24, 2.45) is 17.3 Å². The van der Waals surface area contributed by atoms with Crippen LogP contribution in [0.5, 0.6) is 0 Å². The molecule has 2 heteroatoms. The van der Waals surface area contributed by atoms with Gasteiger partial charge >= 0.3 is 5.97 Å². The third kappa shape index (κ3) is 2.51. The zero-order valence-corrected chi connectivity index (χ0v) is 12.0. The van der Waals surface area contributed by atoms with Crippen molar-refractivity contribution in [2.45, 2.75) is 27.2 Å². The van der Waals surface area contributed by atoms with Gasteiger partial charge in [-0.3, -0.25) is 0 Å². The average Bonchev–Trinajstić information content (AvgIpc) is 2.50. The highest BCUT2D eigenvalue weighted by molar-refractivity contribution is 5.82. The number of hydrogen-bond acceptors (Lipinski definition) is 2. The predicted octanol–water partition coefficient (Wildman–Crippen LogP) is 3.27. The Morgan fingerprint density at radius 1 is 1.53 bits per heavy atom. The molecule has 0 aliphatic heterocycles. The van der Waals surface area contributed by atoms with Crippen LogP contribution in [0.3, 0.4) is 0 Å². The molecule has 0 saturated carbocycles. The molecule has 0 heterocycles. The smallest absolute Gasteiger partial charge is 0.331 e. The largest absolute Gasteiger partial charge is 0.466 e. The Labute approximate surface area is 115 Å². The third-order valence-electron chi connectivity index (χ3n) is 4.26. The van der Waals surface area contributed by atoms with Crippen molar-refractivity contribution in [3.63, 3.8) is 0 Å². The van der Waals surface area contributed by atoms with E-state index >= 15 is 0 Å². The fourth-order valence-electron chi connectivity index (χ4n) is 3.19. The Morgan fingerprint density at radius 3 is 2.95 bits per heavy atom. The first-order chi connectivity index (χ1) is 8.96. The lowest BCUT2D eigenvalue weighted by Gasteiger charge is -2.38. The number of carbonyl (C=O) groups excluding carboxylic acids is 1. The average molecular weight is 256 g/mol. The van der Waals surface area contributed by atoms with Crippen molar-refractivity contribution >= 4 is 5.97 Å². The van der Waals surface area contributed by atoms with Crippen LogP contribution in [-0.4, -0.2) is 13.1 Å². The van der Waals surface area contributed by atoms with Crippen molar-refractivity contribution in [1.29, 1.82) is 0 Å². The zero-order valence-electron chi connectivity index (χ0n) is 12.0. The lowest BCUT2D eigenvalue weighted by atomic mass is 9.66. The van der Waals surface area contributed by atoms with Gasteiger partial charge in [-0.2, -0.15) is 0 Å². The zero-order chi connectivity index (χ0) is 14.0. The molecule has 2 aliphatic rings. The van der Waals surface area contributed by atoms with Gasteiger partial charge in [0.15, 0.2) is 0 Å². The van der Waals surface area contributed by atoms with Crippen LogP contribution in [0.15, 0.2) is 35.5 Å². The maximum atomic E-state index is 10.9. The minimum absolute atomic E-state index is 0.259. The molecule has 0 saturated heterocycles. The van der Waals surface area contributed by atoms with Crippen LogP contribution in [0.2, 0.25) is 0 Å². The number of esters is 1. The summed E-state index contributed by atoms with van der Waals surface area (Å²) in [6.45, 7) is 6.82. The van der Waals surface area contributed by atoms with Crippen LogP contribution in [-0.2, 0) is 9.53 Å². The third-order valence-corrected chi connectivity index (χ3v) is 4.26. The van der Waals surface area contributed by atoms with E-state index in [1.807, 2.05) is 0 Å². The molecule has 0 radical (unpaired) electrons. The molecular weight excluding hydrogens is 236 g/mol. The van der Waals surface area contributed by atoms with Crippen LogP contribution >= 0.6 is 0 Å². The summed E-state index contributed by atoms with van der Waals surface area (Å²) in [6, 6.07) is 0. The molecule has 19 heavy (non-hydrogen) atoms. The summed E-state index contributed by atoms with van der Waals surface area (Å²) in [6.07, 6.45) is 8.65. The van der Waals surface area contributed by atoms with Gasteiger partial charge in [0.2, 0.25) is 0 Å². The van der Waals surface area contributed by atoms with E-state index in [2.05, 4.69) is 49.5 Å². The van der Waals surface area contributed by atoms with Gasteiger partial charge in [-0.05, 0) is 30.8 Å². The first-order valence-electron chi connectivity index (χ1n) is 6.61. The number of fused-ring (bicyclic) bond motifs is 2. The van der Waals surface area contributed by atoms with Crippen molar-refractivity contribution < 1.29 is 9.53 Å². The number of rotatable bonds is 1. The molecule has 2 nitrogen and oxygen atoms in total. The topological polar surface area (TPSA) is 26.3 Å². The summed E-state index contributed by atoms with van der Waals surface area (Å²) in [5.41, 5.74) is 2.86. The second kappa shape index (κ2) is 5.09. The Balaban J connectivity index is 2.18. The summed E-state index contributed by atoms with van der Waals surface area (Å²) >= 11 is 0. The second-order valence-electron chi connectivity index (χ2n) is 5.79. The Bertz CT molecular complexity index is 535. The molecule has 2 aliphatic carbocycles. The van der Waals surface area contributed by atoms with E-state index in [1.54, 1.807) is 6.08 Å². The number of ether oxygens (including phenoxy) is 1. The number of carbonyl (C=O) groups is 1. The van der Waals surface area contributed by atoms with Gasteiger partial charge in [0.05, 0.1) is 7.11 Å². The Morgan fingerprint density at radius 2 is 2.26 bits per heavy atom.